The van der Waals surface area contributed by atoms with Crippen molar-refractivity contribution in [3.8, 4) is 5.88 Å². The van der Waals surface area contributed by atoms with E-state index in [9.17, 15) is 0 Å². The van der Waals surface area contributed by atoms with Crippen LogP contribution in [0, 0.1) is 5.92 Å². The molecule has 2 atom stereocenters. The van der Waals surface area contributed by atoms with Gasteiger partial charge in [-0.15, -0.1) is 6.58 Å². The third-order valence-electron chi connectivity index (χ3n) is 3.45. The average molecular weight is 255 g/mol. The van der Waals surface area contributed by atoms with Crippen molar-refractivity contribution in [2.45, 2.75) is 12.5 Å². The highest BCUT2D eigenvalue weighted by atomic mass is 16.5. The molecule has 0 bridgehead atoms. The number of aromatic nitrogens is 2. The zero-order valence-electron chi connectivity index (χ0n) is 10.7. The van der Waals surface area contributed by atoms with Gasteiger partial charge in [0.05, 0.1) is 17.2 Å². The van der Waals surface area contributed by atoms with Crippen molar-refractivity contribution in [3.05, 3.63) is 43.1 Å². The van der Waals surface area contributed by atoms with Crippen LogP contribution in [0.4, 0.5) is 0 Å². The van der Waals surface area contributed by atoms with E-state index in [0.717, 1.165) is 30.5 Å². The highest BCUT2D eigenvalue weighted by Gasteiger charge is 2.28. The third kappa shape index (κ3) is 2.58. The lowest BCUT2D eigenvalue weighted by Gasteiger charge is -2.18. The number of para-hydroxylation sites is 2. The van der Waals surface area contributed by atoms with Gasteiger partial charge in [0.2, 0.25) is 5.88 Å². The van der Waals surface area contributed by atoms with E-state index in [1.807, 2.05) is 30.3 Å². The number of allylic oxidation sites excluding steroid dienone is 1. The number of hydrogen-bond donors (Lipinski definition) is 1. The lowest BCUT2D eigenvalue weighted by molar-refractivity contribution is 0.167. The first-order valence-corrected chi connectivity index (χ1v) is 6.57. The van der Waals surface area contributed by atoms with Gasteiger partial charge in [0, 0.05) is 19.0 Å². The second-order valence-electron chi connectivity index (χ2n) is 4.80. The zero-order valence-corrected chi connectivity index (χ0v) is 10.7. The van der Waals surface area contributed by atoms with Crippen molar-refractivity contribution in [1.82, 2.24) is 15.3 Å². The Morgan fingerprint density at radius 2 is 2.16 bits per heavy atom. The molecule has 1 aliphatic heterocycles. The molecule has 0 radical (unpaired) electrons. The monoisotopic (exact) mass is 255 g/mol. The number of fused-ring (bicyclic) bond motifs is 1. The Kier molecular flexibility index (Phi) is 3.42. The normalized spacial score (nSPS) is 22.5. The fraction of sp³-hybridized carbons (Fsp3) is 0.333. The Bertz CT molecular complexity index is 584. The molecule has 4 nitrogen and oxygen atoms in total. The molecule has 0 amide bonds. The molecule has 2 aromatic rings. The van der Waals surface area contributed by atoms with E-state index in [-0.39, 0.29) is 6.10 Å². The first-order valence-electron chi connectivity index (χ1n) is 6.57. The van der Waals surface area contributed by atoms with Crippen molar-refractivity contribution in [3.63, 3.8) is 0 Å². The summed E-state index contributed by atoms with van der Waals surface area (Å²) < 4.78 is 5.96. The maximum Gasteiger partial charge on any atom is 0.233 e. The van der Waals surface area contributed by atoms with Crippen LogP contribution < -0.4 is 10.1 Å². The van der Waals surface area contributed by atoms with Gasteiger partial charge in [0.15, 0.2) is 0 Å². The molecule has 1 N–H and O–H groups in total. The topological polar surface area (TPSA) is 47.0 Å². The highest BCUT2D eigenvalue weighted by Crippen LogP contribution is 2.20. The predicted octanol–water partition coefficient (Wildman–Crippen LogP) is 2.17. The second kappa shape index (κ2) is 5.36. The smallest absolute Gasteiger partial charge is 0.233 e. The molecule has 1 fully saturated rings. The lowest BCUT2D eigenvalue weighted by Crippen LogP contribution is -2.26. The predicted molar refractivity (Wildman–Crippen MR) is 75.1 cm³/mol. The Hall–Kier alpha value is -1.94. The quantitative estimate of drug-likeness (QED) is 0.851. The Balaban J connectivity index is 1.79. The van der Waals surface area contributed by atoms with E-state index in [4.69, 9.17) is 4.74 Å². The second-order valence-corrected chi connectivity index (χ2v) is 4.80. The molecule has 1 aliphatic rings. The largest absolute Gasteiger partial charge is 0.472 e. The van der Waals surface area contributed by atoms with Crippen LogP contribution in [0.15, 0.2) is 43.1 Å². The summed E-state index contributed by atoms with van der Waals surface area (Å²) in [6, 6.07) is 7.81. The molecule has 19 heavy (non-hydrogen) atoms. The molecule has 98 valence electrons. The molecule has 3 rings (SSSR count). The first-order chi connectivity index (χ1) is 9.36. The summed E-state index contributed by atoms with van der Waals surface area (Å²) in [4.78, 5) is 8.86. The van der Waals surface area contributed by atoms with E-state index in [2.05, 4.69) is 21.9 Å². The summed E-state index contributed by atoms with van der Waals surface area (Å²) in [5.74, 6) is 1.06. The molecule has 4 heteroatoms. The van der Waals surface area contributed by atoms with E-state index in [1.54, 1.807) is 6.20 Å². The van der Waals surface area contributed by atoms with E-state index in [1.165, 1.54) is 0 Å². The maximum absolute atomic E-state index is 5.96. The number of rotatable bonds is 4. The maximum atomic E-state index is 5.96. The molecule has 0 spiro atoms. The van der Waals surface area contributed by atoms with Gasteiger partial charge >= 0.3 is 0 Å². The number of ether oxygens (including phenoxy) is 1. The molecular weight excluding hydrogens is 238 g/mol. The summed E-state index contributed by atoms with van der Waals surface area (Å²) >= 11 is 0. The Morgan fingerprint density at radius 1 is 1.32 bits per heavy atom. The summed E-state index contributed by atoms with van der Waals surface area (Å²) in [5.41, 5.74) is 1.76. The van der Waals surface area contributed by atoms with Crippen LogP contribution in [-0.2, 0) is 0 Å². The van der Waals surface area contributed by atoms with Crippen molar-refractivity contribution in [2.75, 3.05) is 13.1 Å². The fourth-order valence-corrected chi connectivity index (χ4v) is 2.45. The van der Waals surface area contributed by atoms with Gasteiger partial charge in [0.25, 0.3) is 0 Å². The van der Waals surface area contributed by atoms with Crippen LogP contribution in [0.5, 0.6) is 5.88 Å². The van der Waals surface area contributed by atoms with Crippen molar-refractivity contribution in [2.24, 2.45) is 5.92 Å². The Morgan fingerprint density at radius 3 is 3.00 bits per heavy atom. The van der Waals surface area contributed by atoms with Crippen LogP contribution in [0.3, 0.4) is 0 Å². The molecule has 1 aromatic heterocycles. The van der Waals surface area contributed by atoms with E-state index >= 15 is 0 Å². The molecular formula is C15H17N3O. The van der Waals surface area contributed by atoms with Crippen molar-refractivity contribution < 1.29 is 4.74 Å². The molecule has 2 heterocycles. The van der Waals surface area contributed by atoms with Crippen LogP contribution in [-0.4, -0.2) is 29.2 Å². The standard InChI is InChI=1S/C15H17N3O/c1-2-5-11-8-16-9-14(11)19-15-10-17-12-6-3-4-7-13(12)18-15/h2-4,6-7,10-11,14,16H,1,5,8-9H2. The van der Waals surface area contributed by atoms with Gasteiger partial charge in [0.1, 0.15) is 6.10 Å². The van der Waals surface area contributed by atoms with Crippen molar-refractivity contribution in [1.29, 1.82) is 0 Å². The fourth-order valence-electron chi connectivity index (χ4n) is 2.45. The molecule has 0 saturated carbocycles. The Labute approximate surface area is 112 Å². The van der Waals surface area contributed by atoms with Gasteiger partial charge in [-0.05, 0) is 18.6 Å². The minimum Gasteiger partial charge on any atom is -0.472 e. The molecule has 1 saturated heterocycles. The van der Waals surface area contributed by atoms with Crippen molar-refractivity contribution >= 4 is 11.0 Å². The van der Waals surface area contributed by atoms with Gasteiger partial charge in [-0.2, -0.15) is 0 Å². The number of hydrogen-bond acceptors (Lipinski definition) is 4. The van der Waals surface area contributed by atoms with Gasteiger partial charge in [-0.25, -0.2) is 9.97 Å². The number of nitrogens with one attached hydrogen (secondary N) is 1. The van der Waals surface area contributed by atoms with Crippen LogP contribution in [0.25, 0.3) is 11.0 Å². The zero-order chi connectivity index (χ0) is 13.1. The van der Waals surface area contributed by atoms with Crippen LogP contribution in [0.1, 0.15) is 6.42 Å². The summed E-state index contributed by atoms with van der Waals surface area (Å²) in [6.45, 7) is 5.62. The average Bonchev–Trinajstić information content (AvgIpc) is 2.86. The van der Waals surface area contributed by atoms with E-state index < -0.39 is 0 Å². The summed E-state index contributed by atoms with van der Waals surface area (Å²) in [6.07, 6.45) is 4.75. The third-order valence-corrected chi connectivity index (χ3v) is 3.45. The number of benzene rings is 1. The molecule has 0 aliphatic carbocycles. The first kappa shape index (κ1) is 12.1. The minimum atomic E-state index is 0.147. The van der Waals surface area contributed by atoms with Crippen LogP contribution >= 0.6 is 0 Å². The lowest BCUT2D eigenvalue weighted by atomic mass is 10.0. The van der Waals surface area contributed by atoms with Crippen LogP contribution in [0.2, 0.25) is 0 Å². The van der Waals surface area contributed by atoms with Gasteiger partial charge in [-0.1, -0.05) is 18.2 Å². The molecule has 1 aromatic carbocycles. The van der Waals surface area contributed by atoms with Gasteiger partial charge < -0.3 is 10.1 Å². The van der Waals surface area contributed by atoms with Gasteiger partial charge in [-0.3, -0.25) is 0 Å². The summed E-state index contributed by atoms with van der Waals surface area (Å²) in [7, 11) is 0. The number of nitrogens with zero attached hydrogens (tertiary/aromatic N) is 2. The highest BCUT2D eigenvalue weighted by molar-refractivity contribution is 5.73. The molecule has 2 unspecified atom stereocenters. The van der Waals surface area contributed by atoms with E-state index in [0.29, 0.717) is 11.8 Å². The minimum absolute atomic E-state index is 0.147. The summed E-state index contributed by atoms with van der Waals surface area (Å²) in [5, 5.41) is 3.34. The SMILES string of the molecule is C=CCC1CNCC1Oc1cnc2ccccc2n1.